The van der Waals surface area contributed by atoms with Crippen LogP contribution in [0.25, 0.3) is 0 Å². The molecule has 0 saturated heterocycles. The summed E-state index contributed by atoms with van der Waals surface area (Å²) in [5, 5.41) is 0. The molecule has 1 heterocycles. The summed E-state index contributed by atoms with van der Waals surface area (Å²) in [6.45, 7) is 2.52. The molecular weight excluding hydrogens is 449 g/mol. The number of carbonyl (C=O) groups excluding carboxylic acids is 1. The molecule has 1 amide bonds. The molecule has 6 heteroatoms. The third kappa shape index (κ3) is 3.77. The average Bonchev–Trinajstić information content (AvgIpc) is 2.65. The van der Waals surface area contributed by atoms with E-state index in [-0.39, 0.29) is 6.09 Å². The number of rotatable bonds is 3. The van der Waals surface area contributed by atoms with Gasteiger partial charge < -0.3 is 0 Å². The Morgan fingerprint density at radius 3 is 3.05 bits per heavy atom. The quantitative estimate of drug-likeness (QED) is 0.540. The average molecular weight is 470 g/mol. The number of hydrogen-bond acceptors (Lipinski definition) is 4. The molecule has 3 radical (unpaired) electrons. The molecule has 2 N–H and O–H groups in total. The van der Waals surface area contributed by atoms with Crippen molar-refractivity contribution in [2.75, 3.05) is 37.3 Å². The van der Waals surface area contributed by atoms with Gasteiger partial charge in [0.05, 0.1) is 0 Å². The van der Waals surface area contributed by atoms with Crippen LogP contribution in [0.1, 0.15) is 18.4 Å². The molecule has 0 aromatic heterocycles. The zero-order valence-corrected chi connectivity index (χ0v) is 15.7. The zero-order chi connectivity index (χ0) is 14.5. The third-order valence-electron chi connectivity index (χ3n) is 3.67. The maximum atomic E-state index is 11.4. The SMILES string of the molecule is CN(CCN1CCCCc2cc(N)ccc21)C(=O)[O][Pb]. The predicted molar refractivity (Wildman–Crippen MR) is 80.9 cm³/mol. The van der Waals surface area contributed by atoms with Crippen molar-refractivity contribution in [3.05, 3.63) is 23.8 Å². The summed E-state index contributed by atoms with van der Waals surface area (Å²) in [4.78, 5) is 15.4. The first kappa shape index (κ1) is 15.4. The predicted octanol–water partition coefficient (Wildman–Crippen LogP) is 1.56. The van der Waals surface area contributed by atoms with Gasteiger partial charge in [-0.25, -0.2) is 0 Å². The second kappa shape index (κ2) is 7.14. The van der Waals surface area contributed by atoms with E-state index in [1.165, 1.54) is 24.1 Å². The summed E-state index contributed by atoms with van der Waals surface area (Å²) < 4.78 is 4.85. The van der Waals surface area contributed by atoms with Gasteiger partial charge in [-0.05, 0) is 0 Å². The molecule has 107 valence electrons. The Morgan fingerprint density at radius 2 is 2.30 bits per heavy atom. The normalized spacial score (nSPS) is 14.4. The molecule has 0 unspecified atom stereocenters. The van der Waals surface area contributed by atoms with Crippen molar-refractivity contribution in [2.24, 2.45) is 0 Å². The summed E-state index contributed by atoms with van der Waals surface area (Å²) in [5.41, 5.74) is 9.27. The number of amides is 1. The number of nitrogens with two attached hydrogens (primary N) is 1. The first-order valence-electron chi connectivity index (χ1n) is 6.84. The van der Waals surface area contributed by atoms with E-state index < -0.39 is 0 Å². The number of nitrogens with zero attached hydrogens (tertiary/aromatic N) is 2. The Kier molecular flexibility index (Phi) is 5.50. The third-order valence-corrected chi connectivity index (χ3v) is 4.35. The van der Waals surface area contributed by atoms with Crippen molar-refractivity contribution < 1.29 is 7.48 Å². The number of likely N-dealkylation sites (N-methyl/N-ethyl adjacent to an activating group) is 1. The van der Waals surface area contributed by atoms with Gasteiger partial charge in [-0.3, -0.25) is 0 Å². The van der Waals surface area contributed by atoms with Crippen LogP contribution in [-0.4, -0.2) is 63.9 Å². The molecule has 0 bridgehead atoms. The van der Waals surface area contributed by atoms with Crippen LogP contribution in [0, 0.1) is 0 Å². The Balaban J connectivity index is 2.07. The van der Waals surface area contributed by atoms with Crippen molar-refractivity contribution in [3.8, 4) is 0 Å². The molecule has 0 atom stereocenters. The van der Waals surface area contributed by atoms with Gasteiger partial charge in [0, 0.05) is 0 Å². The van der Waals surface area contributed by atoms with E-state index in [2.05, 4.69) is 17.0 Å². The molecule has 0 saturated carbocycles. The van der Waals surface area contributed by atoms with Crippen molar-refractivity contribution >= 4 is 43.7 Å². The van der Waals surface area contributed by atoms with Gasteiger partial charge >= 0.3 is 136 Å². The van der Waals surface area contributed by atoms with E-state index in [0.29, 0.717) is 32.8 Å². The molecule has 0 aliphatic carbocycles. The van der Waals surface area contributed by atoms with Crippen LogP contribution in [0.3, 0.4) is 0 Å². The molecule has 1 aromatic carbocycles. The van der Waals surface area contributed by atoms with Crippen LogP contribution in [0.5, 0.6) is 0 Å². The van der Waals surface area contributed by atoms with E-state index in [9.17, 15) is 4.79 Å². The summed E-state index contributed by atoms with van der Waals surface area (Å²) in [6, 6.07) is 6.12. The molecule has 20 heavy (non-hydrogen) atoms. The van der Waals surface area contributed by atoms with Gasteiger partial charge in [0.1, 0.15) is 0 Å². The van der Waals surface area contributed by atoms with Crippen LogP contribution in [0.2, 0.25) is 0 Å². The monoisotopic (exact) mass is 470 g/mol. The van der Waals surface area contributed by atoms with Crippen LogP contribution in [0.15, 0.2) is 18.2 Å². The second-order valence-electron chi connectivity index (χ2n) is 5.12. The number of benzene rings is 1. The molecule has 5 nitrogen and oxygen atoms in total. The fourth-order valence-corrected chi connectivity index (χ4v) is 3.13. The number of aryl methyl sites for hydroxylation is 1. The standard InChI is InChI=1S/C14H21N3O2.Pb/c1-16(14(18)19)8-9-17-7-3-2-4-11-10-12(15)5-6-13(11)17;/h5-6,10H,2-4,7-9,15H2,1H3,(H,18,19);/q;+1/p-1. The summed E-state index contributed by atoms with van der Waals surface area (Å²) in [6.07, 6.45) is 3.20. The number of anilines is 2. The minimum absolute atomic E-state index is 0.232. The Bertz CT molecular complexity index is 481. The van der Waals surface area contributed by atoms with Crippen molar-refractivity contribution in [3.63, 3.8) is 0 Å². The van der Waals surface area contributed by atoms with Crippen LogP contribution >= 0.6 is 0 Å². The van der Waals surface area contributed by atoms with Crippen LogP contribution in [0.4, 0.5) is 16.2 Å². The Hall–Kier alpha value is -0.988. The van der Waals surface area contributed by atoms with Crippen molar-refractivity contribution in [1.82, 2.24) is 4.90 Å². The van der Waals surface area contributed by atoms with Crippen LogP contribution < -0.4 is 10.6 Å². The Labute approximate surface area is 136 Å². The summed E-state index contributed by atoms with van der Waals surface area (Å²) in [7, 11) is 1.78. The second-order valence-corrected chi connectivity index (χ2v) is 5.92. The van der Waals surface area contributed by atoms with E-state index in [1.807, 2.05) is 6.07 Å². The molecule has 0 spiro atoms. The number of fused-ring (bicyclic) bond motifs is 1. The summed E-state index contributed by atoms with van der Waals surface area (Å²) in [5.74, 6) is 0. The van der Waals surface area contributed by atoms with Crippen LogP contribution in [-0.2, 0) is 9.11 Å². The van der Waals surface area contributed by atoms with Gasteiger partial charge in [0.25, 0.3) is 0 Å². The van der Waals surface area contributed by atoms with Gasteiger partial charge in [-0.2, -0.15) is 0 Å². The zero-order valence-electron chi connectivity index (χ0n) is 11.8. The van der Waals surface area contributed by atoms with E-state index in [4.69, 9.17) is 8.42 Å². The molecule has 1 aliphatic rings. The first-order valence-corrected chi connectivity index (χ1v) is 8.42. The van der Waals surface area contributed by atoms with Gasteiger partial charge in [-0.1, -0.05) is 0 Å². The Morgan fingerprint density at radius 1 is 1.50 bits per heavy atom. The fraction of sp³-hybridized carbons (Fsp3) is 0.500. The van der Waals surface area contributed by atoms with Crippen molar-refractivity contribution in [2.45, 2.75) is 19.3 Å². The topological polar surface area (TPSA) is 58.8 Å². The van der Waals surface area contributed by atoms with Gasteiger partial charge in [0.2, 0.25) is 0 Å². The van der Waals surface area contributed by atoms with E-state index >= 15 is 0 Å². The van der Waals surface area contributed by atoms with Gasteiger partial charge in [-0.15, -0.1) is 0 Å². The van der Waals surface area contributed by atoms with E-state index in [1.54, 1.807) is 11.9 Å². The first-order chi connectivity index (χ1) is 9.61. The van der Waals surface area contributed by atoms with Gasteiger partial charge in [0.15, 0.2) is 0 Å². The number of carbonyl (C=O) groups is 1. The maximum absolute atomic E-state index is 11.4. The molecule has 1 aromatic rings. The number of hydrogen-bond donors (Lipinski definition) is 1. The molecule has 0 fully saturated rings. The van der Waals surface area contributed by atoms with Crippen molar-refractivity contribution in [1.29, 1.82) is 0 Å². The molecular formula is C14H20N3O2Pb. The molecule has 2 rings (SSSR count). The number of nitrogen functional groups attached to an aromatic ring is 1. The van der Waals surface area contributed by atoms with E-state index in [0.717, 1.165) is 25.2 Å². The molecule has 1 aliphatic heterocycles. The minimum atomic E-state index is -0.232. The summed E-state index contributed by atoms with van der Waals surface area (Å²) >= 11 is 0.440. The fourth-order valence-electron chi connectivity index (χ4n) is 2.52.